The summed E-state index contributed by atoms with van der Waals surface area (Å²) in [6, 6.07) is 14.4. The third-order valence-electron chi connectivity index (χ3n) is 7.61. The SMILES string of the molecule is CC=C1C=c2cc(-c3c(C)c(C(=O)/C=C(/C)CCC[C@@H](N)CC)nn3-c3ccc(C#N)c(C)c3)ccc2=C=CC1. The molecule has 40 heavy (non-hydrogen) atoms. The van der Waals surface area contributed by atoms with E-state index in [9.17, 15) is 10.1 Å². The number of rotatable bonds is 9. The van der Waals surface area contributed by atoms with Crippen molar-refractivity contribution in [2.75, 3.05) is 0 Å². The number of nitrogens with two attached hydrogens (primary N) is 1. The number of ketones is 1. The molecule has 3 aromatic rings. The molecule has 0 unspecified atom stereocenters. The summed E-state index contributed by atoms with van der Waals surface area (Å²) < 4.78 is 1.84. The Bertz CT molecular complexity index is 1700. The lowest BCUT2D eigenvalue weighted by Gasteiger charge is -2.10. The molecular weight excluding hydrogens is 492 g/mol. The molecule has 0 fully saturated rings. The zero-order valence-corrected chi connectivity index (χ0v) is 24.2. The van der Waals surface area contributed by atoms with Crippen molar-refractivity contribution in [3.63, 3.8) is 0 Å². The molecule has 1 heterocycles. The van der Waals surface area contributed by atoms with Gasteiger partial charge in [0.15, 0.2) is 0 Å². The van der Waals surface area contributed by atoms with Gasteiger partial charge < -0.3 is 5.73 Å². The van der Waals surface area contributed by atoms with Crippen molar-refractivity contribution < 1.29 is 4.79 Å². The van der Waals surface area contributed by atoms with Gasteiger partial charge in [-0.2, -0.15) is 10.4 Å². The van der Waals surface area contributed by atoms with E-state index in [1.807, 2.05) is 44.5 Å². The highest BCUT2D eigenvalue weighted by Crippen LogP contribution is 2.29. The Morgan fingerprint density at radius 3 is 2.75 bits per heavy atom. The summed E-state index contributed by atoms with van der Waals surface area (Å²) in [5, 5.41) is 16.4. The second-order valence-electron chi connectivity index (χ2n) is 10.6. The van der Waals surface area contributed by atoms with Crippen LogP contribution in [0.4, 0.5) is 0 Å². The number of hydrogen-bond acceptors (Lipinski definition) is 4. The van der Waals surface area contributed by atoms with Crippen molar-refractivity contribution >= 4 is 17.6 Å². The molecule has 4 rings (SSSR count). The first-order valence-electron chi connectivity index (χ1n) is 14.1. The number of carbonyl (C=O) groups is 1. The zero-order valence-electron chi connectivity index (χ0n) is 24.2. The smallest absolute Gasteiger partial charge is 0.206 e. The summed E-state index contributed by atoms with van der Waals surface area (Å²) in [6.45, 7) is 10.0. The van der Waals surface area contributed by atoms with E-state index in [0.717, 1.165) is 76.2 Å². The molecule has 1 aliphatic carbocycles. The van der Waals surface area contributed by atoms with Gasteiger partial charge in [0.1, 0.15) is 5.69 Å². The number of aryl methyl sites for hydroxylation is 1. The molecular formula is C35H38N4O. The maximum absolute atomic E-state index is 13.5. The van der Waals surface area contributed by atoms with Crippen LogP contribution in [0.15, 0.2) is 65.8 Å². The maximum Gasteiger partial charge on any atom is 0.206 e. The molecule has 0 radical (unpaired) electrons. The number of fused-ring (bicyclic) bond motifs is 1. The fraction of sp³-hybridized carbons (Fsp3) is 0.314. The van der Waals surface area contributed by atoms with Crippen molar-refractivity contribution in [3.05, 3.63) is 98.6 Å². The van der Waals surface area contributed by atoms with Gasteiger partial charge in [0.25, 0.3) is 0 Å². The Morgan fingerprint density at radius 2 is 2.05 bits per heavy atom. The first kappa shape index (κ1) is 28.8. The lowest BCUT2D eigenvalue weighted by molar-refractivity contribution is 0.104. The van der Waals surface area contributed by atoms with E-state index in [-0.39, 0.29) is 11.8 Å². The summed E-state index contributed by atoms with van der Waals surface area (Å²) in [5.74, 6) is -0.103. The van der Waals surface area contributed by atoms with Crippen LogP contribution >= 0.6 is 0 Å². The van der Waals surface area contributed by atoms with Crippen LogP contribution in [0.3, 0.4) is 0 Å². The Hall–Kier alpha value is -4.23. The average molecular weight is 531 g/mol. The minimum atomic E-state index is -0.103. The van der Waals surface area contributed by atoms with E-state index in [1.165, 1.54) is 5.57 Å². The second kappa shape index (κ2) is 12.7. The van der Waals surface area contributed by atoms with Crippen molar-refractivity contribution in [3.8, 4) is 23.0 Å². The summed E-state index contributed by atoms with van der Waals surface area (Å²) in [6.07, 6.45) is 12.6. The number of allylic oxidation sites excluding steroid dienone is 5. The lowest BCUT2D eigenvalue weighted by Crippen LogP contribution is -2.23. The summed E-state index contributed by atoms with van der Waals surface area (Å²) in [5.41, 5.74) is 17.1. The first-order valence-corrected chi connectivity index (χ1v) is 14.1. The van der Waals surface area contributed by atoms with E-state index in [2.05, 4.69) is 55.2 Å². The highest BCUT2D eigenvalue weighted by atomic mass is 16.1. The van der Waals surface area contributed by atoms with E-state index >= 15 is 0 Å². The number of benzene rings is 2. The largest absolute Gasteiger partial charge is 0.328 e. The Morgan fingerprint density at radius 1 is 1.25 bits per heavy atom. The van der Waals surface area contributed by atoms with Gasteiger partial charge >= 0.3 is 0 Å². The van der Waals surface area contributed by atoms with Crippen molar-refractivity contribution in [1.82, 2.24) is 9.78 Å². The van der Waals surface area contributed by atoms with Crippen molar-refractivity contribution in [2.45, 2.75) is 72.8 Å². The fourth-order valence-electron chi connectivity index (χ4n) is 5.07. The maximum atomic E-state index is 13.5. The monoisotopic (exact) mass is 530 g/mol. The van der Waals surface area contributed by atoms with E-state index in [1.54, 1.807) is 12.1 Å². The molecule has 0 aliphatic heterocycles. The lowest BCUT2D eigenvalue weighted by atomic mass is 10.0. The Labute approximate surface area is 237 Å². The zero-order chi connectivity index (χ0) is 28.8. The van der Waals surface area contributed by atoms with Crippen molar-refractivity contribution in [1.29, 1.82) is 5.26 Å². The second-order valence-corrected chi connectivity index (χ2v) is 10.6. The third kappa shape index (κ3) is 6.32. The van der Waals surface area contributed by atoms with Crippen LogP contribution in [0.5, 0.6) is 0 Å². The molecule has 0 saturated carbocycles. The topological polar surface area (TPSA) is 84.7 Å². The van der Waals surface area contributed by atoms with Crippen LogP contribution in [0.25, 0.3) is 28.8 Å². The molecule has 5 nitrogen and oxygen atoms in total. The van der Waals surface area contributed by atoms with Crippen LogP contribution in [-0.4, -0.2) is 21.6 Å². The van der Waals surface area contributed by atoms with E-state index in [4.69, 9.17) is 10.8 Å². The summed E-state index contributed by atoms with van der Waals surface area (Å²) >= 11 is 0. The standard InChI is InChI=1S/C35H38N4O/c1-6-26-11-9-12-27-14-15-28(21-30(27)20-26)35-25(5)34(33(40)18-23(3)10-8-13-31(37)7-2)38-39(35)32-17-16-29(22-36)24(4)19-32/h6,9,14-21,31H,7-8,10-11,13,37H2,1-5H3/b23-18-,26-6?/t31-/m0/s1. The average Bonchev–Trinajstić information content (AvgIpc) is 3.15. The number of carbonyl (C=O) groups excluding carboxylic acids is 1. The summed E-state index contributed by atoms with van der Waals surface area (Å²) in [7, 11) is 0. The first-order chi connectivity index (χ1) is 19.2. The number of nitriles is 1. The van der Waals surface area contributed by atoms with E-state index < -0.39 is 0 Å². The molecule has 0 amide bonds. The van der Waals surface area contributed by atoms with Crippen molar-refractivity contribution in [2.24, 2.45) is 5.73 Å². The summed E-state index contributed by atoms with van der Waals surface area (Å²) in [4.78, 5) is 13.5. The van der Waals surface area contributed by atoms with Crippen LogP contribution in [0, 0.1) is 25.2 Å². The molecule has 0 saturated heterocycles. The number of aromatic nitrogens is 2. The molecule has 5 heteroatoms. The molecule has 204 valence electrons. The van der Waals surface area contributed by atoms with Gasteiger partial charge in [-0.05, 0) is 119 Å². The molecule has 0 spiro atoms. The highest BCUT2D eigenvalue weighted by molar-refractivity contribution is 6.05. The fourth-order valence-corrected chi connectivity index (χ4v) is 5.07. The van der Waals surface area contributed by atoms with Crippen LogP contribution in [0.1, 0.15) is 80.1 Å². The van der Waals surface area contributed by atoms with Crippen LogP contribution in [0.2, 0.25) is 0 Å². The molecule has 1 aliphatic rings. The molecule has 0 bridgehead atoms. The van der Waals surface area contributed by atoms with Gasteiger partial charge in [0.2, 0.25) is 5.78 Å². The Balaban J connectivity index is 1.84. The van der Waals surface area contributed by atoms with Gasteiger partial charge in [0.05, 0.1) is 23.0 Å². The van der Waals surface area contributed by atoms with Gasteiger partial charge in [-0.3, -0.25) is 4.79 Å². The number of hydrogen-bond donors (Lipinski definition) is 1. The third-order valence-corrected chi connectivity index (χ3v) is 7.61. The molecule has 2 aromatic carbocycles. The van der Waals surface area contributed by atoms with Gasteiger partial charge in [0, 0.05) is 22.4 Å². The molecule has 1 atom stereocenters. The minimum Gasteiger partial charge on any atom is -0.328 e. The van der Waals surface area contributed by atoms with Gasteiger partial charge in [-0.15, -0.1) is 5.73 Å². The Kier molecular flexibility index (Phi) is 9.17. The van der Waals surface area contributed by atoms with Gasteiger partial charge in [-0.1, -0.05) is 30.7 Å². The van der Waals surface area contributed by atoms with E-state index in [0.29, 0.717) is 11.3 Å². The minimum absolute atomic E-state index is 0.103. The van der Waals surface area contributed by atoms with Crippen LogP contribution in [-0.2, 0) is 0 Å². The highest BCUT2D eigenvalue weighted by Gasteiger charge is 2.22. The predicted octanol–water partition coefficient (Wildman–Crippen LogP) is 6.13. The van der Waals surface area contributed by atoms with Gasteiger partial charge in [-0.25, -0.2) is 4.68 Å². The number of nitrogens with zero attached hydrogens (tertiary/aromatic N) is 3. The quantitative estimate of drug-likeness (QED) is 0.266. The van der Waals surface area contributed by atoms with Crippen LogP contribution < -0.4 is 16.2 Å². The molecule has 2 N–H and O–H groups in total. The predicted molar refractivity (Wildman–Crippen MR) is 163 cm³/mol. The normalized spacial score (nSPS) is 14.6. The molecule has 1 aromatic heterocycles.